The van der Waals surface area contributed by atoms with Crippen molar-refractivity contribution in [1.82, 2.24) is 14.9 Å². The Hall–Kier alpha value is -3.37. The van der Waals surface area contributed by atoms with E-state index in [1.54, 1.807) is 34.4 Å². The van der Waals surface area contributed by atoms with Crippen LogP contribution in [-0.2, 0) is 14.5 Å². The third-order valence-corrected chi connectivity index (χ3v) is 6.85. The molecule has 1 spiro atoms. The molecule has 35 heavy (non-hydrogen) atoms. The fraction of sp³-hybridized carbons (Fsp3) is 0.417. The predicted molar refractivity (Wildman–Crippen MR) is 131 cm³/mol. The fourth-order valence-electron chi connectivity index (χ4n) is 4.58. The second-order valence-corrected chi connectivity index (χ2v) is 9.28. The van der Waals surface area contributed by atoms with Gasteiger partial charge >= 0.3 is 6.09 Å². The van der Waals surface area contributed by atoms with Gasteiger partial charge in [-0.3, -0.25) is 10.1 Å². The maximum atomic E-state index is 13.1. The Morgan fingerprint density at radius 1 is 1.00 bits per heavy atom. The summed E-state index contributed by atoms with van der Waals surface area (Å²) in [6, 6.07) is 12.8. The van der Waals surface area contributed by atoms with Gasteiger partial charge in [0.15, 0.2) is 0 Å². The lowest BCUT2D eigenvalue weighted by molar-refractivity contribution is -0.154. The van der Waals surface area contributed by atoms with Crippen LogP contribution in [-0.4, -0.2) is 77.5 Å². The van der Waals surface area contributed by atoms with Gasteiger partial charge in [-0.2, -0.15) is 0 Å². The van der Waals surface area contributed by atoms with Crippen LogP contribution in [0.2, 0.25) is 5.02 Å². The van der Waals surface area contributed by atoms with E-state index in [1.807, 2.05) is 24.3 Å². The van der Waals surface area contributed by atoms with Gasteiger partial charge in [0.05, 0.1) is 5.02 Å². The number of nitrogens with zero attached hydrogens (tertiary/aromatic N) is 5. The standard InChI is InChI=1S/C24H27ClN6O4/c25-19-7-4-10-26-21(19)29-13-15-30(16-14-29)22(32)20-17-24(35-28-20)8-11-31(12-9-24)34-23(33)27-18-5-2-1-3-6-18/h1-7,10H,8-9,11-17H2,(H,27,33). The van der Waals surface area contributed by atoms with Gasteiger partial charge in [-0.15, -0.1) is 5.06 Å². The van der Waals surface area contributed by atoms with Gasteiger partial charge in [-0.25, -0.2) is 9.78 Å². The van der Waals surface area contributed by atoms with E-state index in [-0.39, 0.29) is 5.91 Å². The molecular formula is C24H27ClN6O4. The molecule has 5 rings (SSSR count). The summed E-state index contributed by atoms with van der Waals surface area (Å²) in [5.41, 5.74) is 0.598. The van der Waals surface area contributed by atoms with Crippen molar-refractivity contribution in [1.29, 1.82) is 0 Å². The minimum atomic E-state index is -0.530. The zero-order valence-electron chi connectivity index (χ0n) is 19.2. The van der Waals surface area contributed by atoms with Crippen molar-refractivity contribution in [3.8, 4) is 0 Å². The largest absolute Gasteiger partial charge is 0.430 e. The number of hydroxylamine groups is 2. The van der Waals surface area contributed by atoms with E-state index >= 15 is 0 Å². The van der Waals surface area contributed by atoms with E-state index in [9.17, 15) is 9.59 Å². The van der Waals surface area contributed by atoms with Crippen molar-refractivity contribution in [2.45, 2.75) is 24.9 Å². The zero-order chi connectivity index (χ0) is 24.3. The smallest absolute Gasteiger partial charge is 0.388 e. The number of rotatable bonds is 4. The van der Waals surface area contributed by atoms with Crippen LogP contribution in [0.5, 0.6) is 0 Å². The summed E-state index contributed by atoms with van der Waals surface area (Å²) in [5.74, 6) is 0.655. The molecule has 3 aliphatic rings. The molecule has 2 saturated heterocycles. The molecule has 1 aromatic carbocycles. The van der Waals surface area contributed by atoms with Crippen LogP contribution in [0.1, 0.15) is 19.3 Å². The normalized spacial score (nSPS) is 19.7. The highest BCUT2D eigenvalue weighted by molar-refractivity contribution is 6.39. The molecule has 10 nitrogen and oxygen atoms in total. The van der Waals surface area contributed by atoms with Crippen molar-refractivity contribution in [3.05, 3.63) is 53.7 Å². The van der Waals surface area contributed by atoms with Gasteiger partial charge in [-0.05, 0) is 24.3 Å². The molecule has 0 atom stereocenters. The third-order valence-electron chi connectivity index (χ3n) is 6.56. The summed E-state index contributed by atoms with van der Waals surface area (Å²) in [7, 11) is 0. The van der Waals surface area contributed by atoms with E-state index in [2.05, 4.69) is 20.4 Å². The molecule has 11 heteroatoms. The maximum Gasteiger partial charge on any atom is 0.430 e. The van der Waals surface area contributed by atoms with Crippen LogP contribution in [0.4, 0.5) is 16.3 Å². The fourth-order valence-corrected chi connectivity index (χ4v) is 4.82. The van der Waals surface area contributed by atoms with Crippen molar-refractivity contribution >= 4 is 40.8 Å². The summed E-state index contributed by atoms with van der Waals surface area (Å²) in [5, 5.41) is 9.09. The average molecular weight is 499 g/mol. The van der Waals surface area contributed by atoms with E-state index < -0.39 is 11.7 Å². The Morgan fingerprint density at radius 3 is 2.46 bits per heavy atom. The van der Waals surface area contributed by atoms with E-state index in [4.69, 9.17) is 21.3 Å². The number of hydrogen-bond donors (Lipinski definition) is 1. The van der Waals surface area contributed by atoms with Gasteiger partial charge in [-0.1, -0.05) is 35.0 Å². The van der Waals surface area contributed by atoms with Crippen molar-refractivity contribution in [2.75, 3.05) is 49.5 Å². The first-order valence-corrected chi connectivity index (χ1v) is 12.1. The van der Waals surface area contributed by atoms with Crippen molar-refractivity contribution in [2.24, 2.45) is 5.16 Å². The molecule has 0 saturated carbocycles. The molecule has 1 aromatic heterocycles. The number of oxime groups is 1. The highest BCUT2D eigenvalue weighted by atomic mass is 35.5. The molecule has 3 aliphatic heterocycles. The number of aromatic nitrogens is 1. The number of carbonyl (C=O) groups is 2. The predicted octanol–water partition coefficient (Wildman–Crippen LogP) is 3.16. The number of halogens is 1. The van der Waals surface area contributed by atoms with Gasteiger partial charge < -0.3 is 19.5 Å². The number of piperazine rings is 1. The number of nitrogens with one attached hydrogen (secondary N) is 1. The topological polar surface area (TPSA) is 99.6 Å². The van der Waals surface area contributed by atoms with Gasteiger partial charge in [0.2, 0.25) is 0 Å². The average Bonchev–Trinajstić information content (AvgIpc) is 3.30. The quantitative estimate of drug-likeness (QED) is 0.691. The molecule has 2 amide bonds. The van der Waals surface area contributed by atoms with Crippen LogP contribution in [0.25, 0.3) is 0 Å². The number of anilines is 2. The highest BCUT2D eigenvalue weighted by Gasteiger charge is 2.45. The summed E-state index contributed by atoms with van der Waals surface area (Å²) in [6.07, 6.45) is 2.87. The maximum absolute atomic E-state index is 13.1. The van der Waals surface area contributed by atoms with Gasteiger partial charge in [0.1, 0.15) is 17.1 Å². The summed E-state index contributed by atoms with van der Waals surface area (Å²) in [6.45, 7) is 3.44. The van der Waals surface area contributed by atoms with Gasteiger partial charge in [0, 0.05) is 70.4 Å². The Balaban J connectivity index is 1.08. The first-order chi connectivity index (χ1) is 17.0. The Labute approximate surface area is 208 Å². The Bertz CT molecular complexity index is 1100. The molecule has 0 radical (unpaired) electrons. The Kier molecular flexibility index (Phi) is 6.74. The van der Waals surface area contributed by atoms with Crippen molar-refractivity contribution < 1.29 is 19.3 Å². The van der Waals surface area contributed by atoms with Crippen LogP contribution < -0.4 is 10.2 Å². The molecule has 2 aromatic rings. The number of hydrogen-bond acceptors (Lipinski definition) is 8. The molecule has 2 fully saturated rings. The van der Waals surface area contributed by atoms with Crippen LogP contribution in [0, 0.1) is 0 Å². The molecular weight excluding hydrogens is 472 g/mol. The van der Waals surface area contributed by atoms with E-state index in [1.165, 1.54) is 0 Å². The number of pyridine rings is 1. The minimum Gasteiger partial charge on any atom is -0.388 e. The summed E-state index contributed by atoms with van der Waals surface area (Å²) in [4.78, 5) is 44.7. The minimum absolute atomic E-state index is 0.0884. The van der Waals surface area contributed by atoms with Crippen LogP contribution in [0.15, 0.2) is 53.8 Å². The SMILES string of the molecule is O=C(Nc1ccccc1)ON1CCC2(CC1)CC(C(=O)N1CCN(c3ncccc3Cl)CC1)=NO2. The summed E-state index contributed by atoms with van der Waals surface area (Å²) < 4.78 is 0. The van der Waals surface area contributed by atoms with Crippen LogP contribution in [0.3, 0.4) is 0 Å². The highest BCUT2D eigenvalue weighted by Crippen LogP contribution is 2.35. The molecule has 1 N–H and O–H groups in total. The number of carbonyl (C=O) groups excluding carboxylic acids is 2. The van der Waals surface area contributed by atoms with Crippen molar-refractivity contribution in [3.63, 3.8) is 0 Å². The zero-order valence-corrected chi connectivity index (χ0v) is 20.0. The van der Waals surface area contributed by atoms with E-state index in [0.717, 1.165) is 5.82 Å². The number of piperidine rings is 1. The monoisotopic (exact) mass is 498 g/mol. The second kappa shape index (κ2) is 10.1. The first-order valence-electron chi connectivity index (χ1n) is 11.7. The first kappa shape index (κ1) is 23.4. The lowest BCUT2D eigenvalue weighted by atomic mass is 9.87. The number of benzene rings is 1. The Morgan fingerprint density at radius 2 is 1.74 bits per heavy atom. The van der Waals surface area contributed by atoms with Crippen LogP contribution >= 0.6 is 11.6 Å². The lowest BCUT2D eigenvalue weighted by Crippen LogP contribution is -2.51. The summed E-state index contributed by atoms with van der Waals surface area (Å²) >= 11 is 6.26. The lowest BCUT2D eigenvalue weighted by Gasteiger charge is -2.36. The second-order valence-electron chi connectivity index (χ2n) is 8.88. The third kappa shape index (κ3) is 5.33. The van der Waals surface area contributed by atoms with Gasteiger partial charge in [0.25, 0.3) is 5.91 Å². The molecule has 0 bridgehead atoms. The number of para-hydroxylation sites is 1. The molecule has 184 valence electrons. The van der Waals surface area contributed by atoms with E-state index in [0.29, 0.717) is 75.0 Å². The number of amides is 2. The molecule has 0 unspecified atom stereocenters. The molecule has 4 heterocycles. The molecule has 0 aliphatic carbocycles.